The zero-order valence-electron chi connectivity index (χ0n) is 15.2. The minimum atomic E-state index is -0.264. The number of unbranched alkanes of at least 4 members (excludes halogenated alkanes) is 4. The van der Waals surface area contributed by atoms with Gasteiger partial charge in [0.1, 0.15) is 10.0 Å². The van der Waals surface area contributed by atoms with Crippen molar-refractivity contribution in [3.8, 4) is 10.6 Å². The number of benzene rings is 1. The number of carbonyl (C=O) groups is 1. The summed E-state index contributed by atoms with van der Waals surface area (Å²) in [5, 5.41) is 13.6. The second-order valence-electron chi connectivity index (χ2n) is 6.35. The summed E-state index contributed by atoms with van der Waals surface area (Å²) in [6.45, 7) is 1.65. The lowest BCUT2D eigenvalue weighted by atomic mass is 10.1. The smallest absolute Gasteiger partial charge is 0.229 e. The van der Waals surface area contributed by atoms with Crippen molar-refractivity contribution in [2.24, 2.45) is 0 Å². The molecule has 2 heterocycles. The molecule has 0 spiro atoms. The molecule has 1 aromatic carbocycles. The quantitative estimate of drug-likeness (QED) is 0.538. The van der Waals surface area contributed by atoms with Crippen LogP contribution < -0.4 is 5.32 Å². The summed E-state index contributed by atoms with van der Waals surface area (Å²) in [5.74, 6) is 0.200. The van der Waals surface area contributed by atoms with Crippen LogP contribution in [-0.2, 0) is 4.79 Å². The van der Waals surface area contributed by atoms with Crippen molar-refractivity contribution in [2.45, 2.75) is 45.4 Å². The molecule has 0 aliphatic carbocycles. The van der Waals surface area contributed by atoms with E-state index in [0.717, 1.165) is 52.2 Å². The number of hydrogen-bond donors (Lipinski definition) is 1. The van der Waals surface area contributed by atoms with Gasteiger partial charge in [-0.2, -0.15) is 0 Å². The number of halogens is 1. The molecule has 6 nitrogen and oxygen atoms in total. The molecule has 27 heavy (non-hydrogen) atoms. The van der Waals surface area contributed by atoms with Crippen LogP contribution in [0.5, 0.6) is 0 Å². The van der Waals surface area contributed by atoms with Crippen LogP contribution in [0, 0.1) is 6.92 Å². The van der Waals surface area contributed by atoms with Crippen LogP contribution in [0.3, 0.4) is 0 Å². The molecule has 142 valence electrons. The Labute approximate surface area is 161 Å². The van der Waals surface area contributed by atoms with E-state index in [-0.39, 0.29) is 12.6 Å². The predicted molar refractivity (Wildman–Crippen MR) is 105 cm³/mol. The average molecular weight is 387 g/mol. The number of aryl methyl sites for hydroxylation is 1. The van der Waals surface area contributed by atoms with Gasteiger partial charge in [-0.15, -0.1) is 10.2 Å². The van der Waals surface area contributed by atoms with E-state index < -0.39 is 0 Å². The average Bonchev–Trinajstić information content (AvgIpc) is 3.10. The van der Waals surface area contributed by atoms with E-state index in [1.165, 1.54) is 11.3 Å². The topological polar surface area (TPSA) is 80.7 Å². The Bertz CT molecular complexity index is 914. The van der Waals surface area contributed by atoms with Gasteiger partial charge < -0.3 is 0 Å². The Kier molecular flexibility index (Phi) is 6.75. The fourth-order valence-corrected chi connectivity index (χ4v) is 3.42. The molecule has 1 amide bonds. The Balaban J connectivity index is 1.60. The lowest BCUT2D eigenvalue weighted by Gasteiger charge is -2.06. The molecule has 8 heteroatoms. The third kappa shape index (κ3) is 5.50. The van der Waals surface area contributed by atoms with Gasteiger partial charge in [-0.1, -0.05) is 42.7 Å². The number of hydrogen-bond acceptors (Lipinski definition) is 6. The summed E-state index contributed by atoms with van der Waals surface area (Å²) >= 11 is 1.52. The normalized spacial score (nSPS) is 11.0. The highest BCUT2D eigenvalue weighted by molar-refractivity contribution is 7.14. The van der Waals surface area contributed by atoms with Crippen molar-refractivity contribution in [2.75, 3.05) is 12.0 Å². The molecule has 0 aliphatic rings. The first kappa shape index (κ1) is 19.3. The maximum atomic E-state index is 12.1. The molecule has 0 saturated carbocycles. The number of amides is 1. The largest absolute Gasteiger partial charge is 0.295 e. The summed E-state index contributed by atoms with van der Waals surface area (Å²) in [7, 11) is 0. The molecule has 0 fully saturated rings. The third-order valence-corrected chi connectivity index (χ3v) is 5.03. The minimum Gasteiger partial charge on any atom is -0.295 e. The molecule has 0 unspecified atom stereocenters. The number of anilines is 1. The van der Waals surface area contributed by atoms with Gasteiger partial charge in [-0.05, 0) is 25.8 Å². The summed E-state index contributed by atoms with van der Waals surface area (Å²) in [6.07, 6.45) is 6.27. The molecule has 0 saturated heterocycles. The standard InChI is InChI=1S/C19H22FN5OS/c1-13-24-25-18(27-13)14-8-9-15-12-21-19(22-16(15)11-14)23-17(26)7-5-3-2-4-6-10-20/h8-9,11-12H,2-7,10H2,1H3,(H,21,22,23,26). The van der Waals surface area contributed by atoms with Crippen LogP contribution in [0.15, 0.2) is 24.4 Å². The molecule has 3 aromatic rings. The first-order valence-corrected chi connectivity index (χ1v) is 9.90. The molecule has 3 rings (SSSR count). The number of rotatable bonds is 9. The first-order valence-electron chi connectivity index (χ1n) is 9.09. The van der Waals surface area contributed by atoms with Crippen LogP contribution in [0.4, 0.5) is 10.3 Å². The maximum absolute atomic E-state index is 12.1. The summed E-state index contributed by atoms with van der Waals surface area (Å²) in [6, 6.07) is 5.83. The first-order chi connectivity index (χ1) is 13.2. The Morgan fingerprint density at radius 2 is 1.96 bits per heavy atom. The Morgan fingerprint density at radius 1 is 1.15 bits per heavy atom. The van der Waals surface area contributed by atoms with Crippen LogP contribution in [-0.4, -0.2) is 32.7 Å². The Hall–Kier alpha value is -2.48. The summed E-state index contributed by atoms with van der Waals surface area (Å²) in [5.41, 5.74) is 1.69. The molecule has 0 atom stereocenters. The van der Waals surface area contributed by atoms with Crippen molar-refractivity contribution < 1.29 is 9.18 Å². The molecular formula is C19H22FN5OS. The number of carbonyl (C=O) groups excluding carboxylic acids is 1. The maximum Gasteiger partial charge on any atom is 0.229 e. The lowest BCUT2D eigenvalue weighted by molar-refractivity contribution is -0.116. The van der Waals surface area contributed by atoms with Crippen molar-refractivity contribution in [1.82, 2.24) is 20.2 Å². The Morgan fingerprint density at radius 3 is 2.74 bits per heavy atom. The monoisotopic (exact) mass is 387 g/mol. The molecule has 1 N–H and O–H groups in total. The zero-order chi connectivity index (χ0) is 19.1. The number of alkyl halides is 1. The second-order valence-corrected chi connectivity index (χ2v) is 7.53. The highest BCUT2D eigenvalue weighted by atomic mass is 32.1. The van der Waals surface area contributed by atoms with Gasteiger partial charge in [0.15, 0.2) is 0 Å². The van der Waals surface area contributed by atoms with Gasteiger partial charge in [-0.3, -0.25) is 14.5 Å². The third-order valence-electron chi connectivity index (χ3n) is 4.14. The van der Waals surface area contributed by atoms with Crippen molar-refractivity contribution >= 4 is 34.1 Å². The van der Waals surface area contributed by atoms with Gasteiger partial charge in [0.05, 0.1) is 12.2 Å². The fraction of sp³-hybridized carbons (Fsp3) is 0.421. The van der Waals surface area contributed by atoms with E-state index in [4.69, 9.17) is 0 Å². The van der Waals surface area contributed by atoms with Crippen LogP contribution in [0.1, 0.15) is 43.5 Å². The van der Waals surface area contributed by atoms with Gasteiger partial charge in [0, 0.05) is 23.6 Å². The van der Waals surface area contributed by atoms with E-state index >= 15 is 0 Å². The molecule has 0 radical (unpaired) electrons. The number of aromatic nitrogens is 4. The predicted octanol–water partition coefficient (Wildman–Crippen LogP) is 4.71. The van der Waals surface area contributed by atoms with Crippen molar-refractivity contribution in [3.05, 3.63) is 29.4 Å². The van der Waals surface area contributed by atoms with E-state index in [2.05, 4.69) is 25.5 Å². The highest BCUT2D eigenvalue weighted by Gasteiger charge is 2.09. The van der Waals surface area contributed by atoms with Crippen LogP contribution in [0.25, 0.3) is 21.5 Å². The number of nitrogens with zero attached hydrogens (tertiary/aromatic N) is 4. The van der Waals surface area contributed by atoms with Crippen molar-refractivity contribution in [3.63, 3.8) is 0 Å². The van der Waals surface area contributed by atoms with Crippen LogP contribution in [0.2, 0.25) is 0 Å². The minimum absolute atomic E-state index is 0.101. The lowest BCUT2D eigenvalue weighted by Crippen LogP contribution is -2.13. The summed E-state index contributed by atoms with van der Waals surface area (Å²) < 4.78 is 12.0. The van der Waals surface area contributed by atoms with Gasteiger partial charge in [-0.25, -0.2) is 9.97 Å². The molecule has 2 aromatic heterocycles. The van der Waals surface area contributed by atoms with E-state index in [9.17, 15) is 9.18 Å². The van der Waals surface area contributed by atoms with E-state index in [1.54, 1.807) is 6.20 Å². The molecule has 0 aliphatic heterocycles. The highest BCUT2D eigenvalue weighted by Crippen LogP contribution is 2.26. The van der Waals surface area contributed by atoms with E-state index in [0.29, 0.717) is 18.8 Å². The fourth-order valence-electron chi connectivity index (χ4n) is 2.73. The summed E-state index contributed by atoms with van der Waals surface area (Å²) in [4.78, 5) is 20.7. The second kappa shape index (κ2) is 9.45. The van der Waals surface area contributed by atoms with Crippen molar-refractivity contribution in [1.29, 1.82) is 0 Å². The van der Waals surface area contributed by atoms with E-state index in [1.807, 2.05) is 25.1 Å². The van der Waals surface area contributed by atoms with Gasteiger partial charge in [0.2, 0.25) is 11.9 Å². The number of fused-ring (bicyclic) bond motifs is 1. The molecular weight excluding hydrogens is 365 g/mol. The van der Waals surface area contributed by atoms with Gasteiger partial charge >= 0.3 is 0 Å². The SMILES string of the molecule is Cc1nnc(-c2ccc3cnc(NC(=O)CCCCCCCF)nc3c2)s1. The van der Waals surface area contributed by atoms with Gasteiger partial charge in [0.25, 0.3) is 0 Å². The zero-order valence-corrected chi connectivity index (χ0v) is 16.1. The number of nitrogens with one attached hydrogen (secondary N) is 1. The molecule has 0 bridgehead atoms. The van der Waals surface area contributed by atoms with Crippen LogP contribution >= 0.6 is 11.3 Å².